The van der Waals surface area contributed by atoms with Crippen molar-refractivity contribution in [2.24, 2.45) is 0 Å². The van der Waals surface area contributed by atoms with Crippen LogP contribution in [0.3, 0.4) is 0 Å². The molecule has 3 aromatic rings. The Morgan fingerprint density at radius 2 is 1.73 bits per heavy atom. The van der Waals surface area contributed by atoms with Crippen LogP contribution in [-0.4, -0.2) is 29.9 Å². The number of anilines is 2. The zero-order valence-corrected chi connectivity index (χ0v) is 17.9. The van der Waals surface area contributed by atoms with Crippen molar-refractivity contribution in [1.82, 2.24) is 4.90 Å². The molecule has 3 aromatic carbocycles. The minimum absolute atomic E-state index is 0.102. The second kappa shape index (κ2) is 9.36. The highest BCUT2D eigenvalue weighted by molar-refractivity contribution is 6.07. The predicted molar refractivity (Wildman–Crippen MR) is 120 cm³/mol. The van der Waals surface area contributed by atoms with E-state index in [2.05, 4.69) is 5.32 Å². The third-order valence-corrected chi connectivity index (χ3v) is 5.48. The summed E-state index contributed by atoms with van der Waals surface area (Å²) in [5.41, 5.74) is 2.08. The molecule has 0 spiro atoms. The van der Waals surface area contributed by atoms with Crippen LogP contribution in [0.4, 0.5) is 29.3 Å². The number of carbonyl (C=O) groups excluding carboxylic acids is 2. The fourth-order valence-corrected chi connectivity index (χ4v) is 3.83. The normalized spacial score (nSPS) is 13.9. The zero-order valence-electron chi connectivity index (χ0n) is 17.9. The highest BCUT2D eigenvalue weighted by Gasteiger charge is 2.29. The van der Waals surface area contributed by atoms with Gasteiger partial charge in [-0.15, -0.1) is 0 Å². The van der Waals surface area contributed by atoms with E-state index in [4.69, 9.17) is 0 Å². The van der Waals surface area contributed by atoms with Crippen molar-refractivity contribution < 1.29 is 22.8 Å². The molecule has 0 atom stereocenters. The minimum atomic E-state index is -0.967. The van der Waals surface area contributed by atoms with Crippen molar-refractivity contribution >= 4 is 23.3 Å². The quantitative estimate of drug-likeness (QED) is 0.555. The van der Waals surface area contributed by atoms with E-state index in [9.17, 15) is 22.8 Å². The van der Waals surface area contributed by atoms with E-state index in [0.29, 0.717) is 36.4 Å². The molecule has 1 aliphatic heterocycles. The molecule has 33 heavy (non-hydrogen) atoms. The van der Waals surface area contributed by atoms with E-state index >= 15 is 0 Å². The number of benzene rings is 3. The molecular weight excluding hydrogens is 431 g/mol. The maximum atomic E-state index is 14.1. The smallest absolute Gasteiger partial charge is 0.320 e. The van der Waals surface area contributed by atoms with E-state index in [1.807, 2.05) is 13.0 Å². The summed E-state index contributed by atoms with van der Waals surface area (Å²) >= 11 is 0. The molecule has 1 aliphatic rings. The van der Waals surface area contributed by atoms with Crippen LogP contribution in [0.25, 0.3) is 0 Å². The first-order valence-corrected chi connectivity index (χ1v) is 10.5. The number of hydrogen-bond acceptors (Lipinski definition) is 2. The number of hydrogen-bond donors (Lipinski definition) is 1. The third-order valence-electron chi connectivity index (χ3n) is 5.48. The molecule has 1 heterocycles. The van der Waals surface area contributed by atoms with Gasteiger partial charge in [0.2, 0.25) is 0 Å². The maximum Gasteiger partial charge on any atom is 0.324 e. The Balaban J connectivity index is 1.59. The van der Waals surface area contributed by atoms with Crippen LogP contribution >= 0.6 is 0 Å². The number of nitrogens with zero attached hydrogens (tertiary/aromatic N) is 2. The van der Waals surface area contributed by atoms with Crippen LogP contribution in [0.1, 0.15) is 27.9 Å². The molecule has 4 rings (SSSR count). The number of rotatable bonds is 5. The highest BCUT2D eigenvalue weighted by Crippen LogP contribution is 2.31. The van der Waals surface area contributed by atoms with Gasteiger partial charge in [-0.05, 0) is 60.9 Å². The summed E-state index contributed by atoms with van der Waals surface area (Å²) in [5.74, 6) is -3.18. The average molecular weight is 453 g/mol. The Kier molecular flexibility index (Phi) is 6.35. The van der Waals surface area contributed by atoms with Crippen LogP contribution in [0.5, 0.6) is 0 Å². The first kappa shape index (κ1) is 22.4. The lowest BCUT2D eigenvalue weighted by molar-refractivity contribution is 0.102. The molecule has 170 valence electrons. The molecule has 3 amide bonds. The predicted octanol–water partition coefficient (Wildman–Crippen LogP) is 5.50. The summed E-state index contributed by atoms with van der Waals surface area (Å²) < 4.78 is 40.9. The van der Waals surface area contributed by atoms with E-state index in [1.165, 1.54) is 29.2 Å². The van der Waals surface area contributed by atoms with Gasteiger partial charge in [0.1, 0.15) is 5.82 Å². The van der Waals surface area contributed by atoms with Gasteiger partial charge in [-0.25, -0.2) is 18.0 Å². The monoisotopic (exact) mass is 453 g/mol. The number of amides is 3. The van der Waals surface area contributed by atoms with E-state index in [0.717, 1.165) is 17.7 Å². The fourth-order valence-electron chi connectivity index (χ4n) is 3.83. The summed E-state index contributed by atoms with van der Waals surface area (Å²) in [7, 11) is 0. The minimum Gasteiger partial charge on any atom is -0.320 e. The maximum absolute atomic E-state index is 14.1. The van der Waals surface area contributed by atoms with Gasteiger partial charge in [-0.3, -0.25) is 9.69 Å². The Labute approximate surface area is 189 Å². The molecule has 0 aliphatic carbocycles. The molecule has 1 saturated heterocycles. The second-order valence-corrected chi connectivity index (χ2v) is 7.91. The number of carbonyl (C=O) groups is 2. The summed E-state index contributed by atoms with van der Waals surface area (Å²) in [6, 6.07) is 14.1. The number of halogens is 3. The highest BCUT2D eigenvalue weighted by atomic mass is 19.2. The number of aryl methyl sites for hydroxylation is 1. The molecule has 0 radical (unpaired) electrons. The van der Waals surface area contributed by atoms with Crippen molar-refractivity contribution in [2.45, 2.75) is 19.9 Å². The molecular formula is C25H22F3N3O2. The van der Waals surface area contributed by atoms with Crippen molar-refractivity contribution in [3.63, 3.8) is 0 Å². The Hall–Kier alpha value is -3.81. The van der Waals surface area contributed by atoms with Gasteiger partial charge >= 0.3 is 6.03 Å². The van der Waals surface area contributed by atoms with Crippen molar-refractivity contribution in [2.75, 3.05) is 23.3 Å². The van der Waals surface area contributed by atoms with Crippen LogP contribution < -0.4 is 10.2 Å². The van der Waals surface area contributed by atoms with E-state index in [-0.39, 0.29) is 18.1 Å². The SMILES string of the molecule is Cc1ccc(N2CCCN(Cc3ccc(F)c(F)c3)C2=O)c(NC(=O)c2ccccc2F)c1. The molecule has 1 fully saturated rings. The summed E-state index contributed by atoms with van der Waals surface area (Å²) in [6.45, 7) is 2.83. The standard InChI is InChI=1S/C25H22F3N3O2/c1-16-7-10-23(22(13-16)29-24(32)18-5-2-3-6-19(18)26)31-12-4-11-30(25(31)33)15-17-8-9-20(27)21(28)14-17/h2-3,5-10,13-14H,4,11-12,15H2,1H3,(H,29,32). The van der Waals surface area contributed by atoms with Crippen LogP contribution in [0.2, 0.25) is 0 Å². The molecule has 1 N–H and O–H groups in total. The first-order chi connectivity index (χ1) is 15.8. The van der Waals surface area contributed by atoms with E-state index < -0.39 is 23.4 Å². The molecule has 0 saturated carbocycles. The molecule has 5 nitrogen and oxygen atoms in total. The van der Waals surface area contributed by atoms with Crippen molar-refractivity contribution in [1.29, 1.82) is 0 Å². The Bertz CT molecular complexity index is 1220. The largest absolute Gasteiger partial charge is 0.324 e. The average Bonchev–Trinajstić information content (AvgIpc) is 2.78. The van der Waals surface area contributed by atoms with Gasteiger partial charge in [0.25, 0.3) is 5.91 Å². The second-order valence-electron chi connectivity index (χ2n) is 7.91. The molecule has 8 heteroatoms. The molecule has 0 unspecified atom stereocenters. The summed E-state index contributed by atoms with van der Waals surface area (Å²) in [4.78, 5) is 29.0. The molecule has 0 aromatic heterocycles. The van der Waals surface area contributed by atoms with Gasteiger partial charge in [0, 0.05) is 19.6 Å². The fraction of sp³-hybridized carbons (Fsp3) is 0.200. The van der Waals surface area contributed by atoms with Crippen LogP contribution in [0, 0.1) is 24.4 Å². The van der Waals surface area contributed by atoms with Crippen molar-refractivity contribution in [3.8, 4) is 0 Å². The number of nitrogens with one attached hydrogen (secondary N) is 1. The Morgan fingerprint density at radius 1 is 0.939 bits per heavy atom. The zero-order chi connectivity index (χ0) is 23.5. The van der Waals surface area contributed by atoms with Crippen LogP contribution in [0.15, 0.2) is 60.7 Å². The lowest BCUT2D eigenvalue weighted by Gasteiger charge is -2.36. The lowest BCUT2D eigenvalue weighted by atomic mass is 10.1. The van der Waals surface area contributed by atoms with Gasteiger partial charge < -0.3 is 10.2 Å². The third kappa shape index (κ3) is 4.84. The lowest BCUT2D eigenvalue weighted by Crippen LogP contribution is -2.49. The number of urea groups is 1. The van der Waals surface area contributed by atoms with Crippen LogP contribution in [-0.2, 0) is 6.54 Å². The summed E-state index contributed by atoms with van der Waals surface area (Å²) in [5, 5.41) is 2.72. The van der Waals surface area contributed by atoms with Gasteiger partial charge in [0.15, 0.2) is 11.6 Å². The van der Waals surface area contributed by atoms with Gasteiger partial charge in [-0.1, -0.05) is 24.3 Å². The molecule has 0 bridgehead atoms. The topological polar surface area (TPSA) is 52.6 Å². The summed E-state index contributed by atoms with van der Waals surface area (Å²) in [6.07, 6.45) is 0.643. The Morgan fingerprint density at radius 3 is 2.48 bits per heavy atom. The first-order valence-electron chi connectivity index (χ1n) is 10.5. The van der Waals surface area contributed by atoms with Gasteiger partial charge in [0.05, 0.1) is 16.9 Å². The van der Waals surface area contributed by atoms with Crippen molar-refractivity contribution in [3.05, 3.63) is 94.8 Å². The van der Waals surface area contributed by atoms with E-state index in [1.54, 1.807) is 23.1 Å². The van der Waals surface area contributed by atoms with Gasteiger partial charge in [-0.2, -0.15) is 0 Å².